The van der Waals surface area contributed by atoms with Gasteiger partial charge in [0.15, 0.2) is 5.96 Å². The van der Waals surface area contributed by atoms with Crippen LogP contribution in [0.4, 0.5) is 0 Å². The van der Waals surface area contributed by atoms with Crippen molar-refractivity contribution in [1.29, 1.82) is 0 Å². The van der Waals surface area contributed by atoms with Crippen molar-refractivity contribution in [1.82, 2.24) is 15.1 Å². The van der Waals surface area contributed by atoms with Crippen LogP contribution in [0.25, 0.3) is 0 Å². The van der Waals surface area contributed by atoms with E-state index in [9.17, 15) is 0 Å². The van der Waals surface area contributed by atoms with Crippen LogP contribution < -0.4 is 5.32 Å². The Hall–Kier alpha value is -0.850. The number of guanidine groups is 1. The molecule has 0 aromatic rings. The van der Waals surface area contributed by atoms with Crippen LogP contribution in [-0.2, 0) is 9.47 Å². The first-order valence-electron chi connectivity index (χ1n) is 10.8. The summed E-state index contributed by atoms with van der Waals surface area (Å²) in [6, 6.07) is 0.526. The van der Waals surface area contributed by atoms with Crippen LogP contribution in [0.3, 0.4) is 0 Å². The summed E-state index contributed by atoms with van der Waals surface area (Å²) in [5.74, 6) is 1.72. The van der Waals surface area contributed by atoms with Gasteiger partial charge in [0, 0.05) is 39.3 Å². The number of hydrogen-bond donors (Lipinski definition) is 1. The summed E-state index contributed by atoms with van der Waals surface area (Å²) in [6.45, 7) is 9.19. The maximum absolute atomic E-state index is 6.14. The van der Waals surface area contributed by atoms with Gasteiger partial charge in [-0.05, 0) is 58.5 Å². The Morgan fingerprint density at radius 3 is 2.52 bits per heavy atom. The zero-order chi connectivity index (χ0) is 19.6. The van der Waals surface area contributed by atoms with E-state index in [0.29, 0.717) is 24.2 Å². The number of hydrogen-bond acceptors (Lipinski definition) is 4. The van der Waals surface area contributed by atoms with E-state index in [2.05, 4.69) is 48.1 Å². The van der Waals surface area contributed by atoms with Crippen molar-refractivity contribution in [2.75, 3.05) is 54.0 Å². The normalized spacial score (nSPS) is 23.9. The molecule has 0 saturated carbocycles. The van der Waals surface area contributed by atoms with E-state index in [-0.39, 0.29) is 0 Å². The molecular formula is C21H42N4O2. The van der Waals surface area contributed by atoms with E-state index < -0.39 is 0 Å². The Morgan fingerprint density at radius 1 is 1.22 bits per heavy atom. The summed E-state index contributed by atoms with van der Waals surface area (Å²) in [6.07, 6.45) is 7.63. The van der Waals surface area contributed by atoms with E-state index >= 15 is 0 Å². The minimum Gasteiger partial charge on any atom is -0.376 e. The predicted octanol–water partition coefficient (Wildman–Crippen LogP) is 2.59. The standard InChI is InChI=1S/C21H42N4O2/c1-17(2)14-18(24(4)5)15-23-21(22-3)25-11-9-19(10-12-25)27-16-20-8-6-7-13-26-20/h17-20H,6-16H2,1-5H3,(H,22,23). The molecule has 0 radical (unpaired) electrons. The molecule has 6 nitrogen and oxygen atoms in total. The lowest BCUT2D eigenvalue weighted by molar-refractivity contribution is -0.0721. The Labute approximate surface area is 166 Å². The number of rotatable bonds is 8. The number of piperidine rings is 1. The monoisotopic (exact) mass is 382 g/mol. The van der Waals surface area contributed by atoms with Crippen molar-refractivity contribution in [3.05, 3.63) is 0 Å². The van der Waals surface area contributed by atoms with E-state index in [1.54, 1.807) is 0 Å². The highest BCUT2D eigenvalue weighted by atomic mass is 16.5. The maximum Gasteiger partial charge on any atom is 0.193 e. The second-order valence-electron chi connectivity index (χ2n) is 8.68. The molecule has 0 bridgehead atoms. The second-order valence-corrected chi connectivity index (χ2v) is 8.68. The van der Waals surface area contributed by atoms with Crippen LogP contribution in [0.1, 0.15) is 52.4 Å². The van der Waals surface area contributed by atoms with Gasteiger partial charge in [-0.3, -0.25) is 4.99 Å². The topological polar surface area (TPSA) is 49.3 Å². The van der Waals surface area contributed by atoms with Gasteiger partial charge in [-0.25, -0.2) is 0 Å². The first kappa shape index (κ1) is 22.4. The van der Waals surface area contributed by atoms with E-state index in [1.807, 2.05) is 7.05 Å². The first-order chi connectivity index (χ1) is 13.0. The number of nitrogens with zero attached hydrogens (tertiary/aromatic N) is 3. The Bertz CT molecular complexity index is 428. The molecule has 0 amide bonds. The molecule has 2 aliphatic heterocycles. The van der Waals surface area contributed by atoms with Crippen molar-refractivity contribution >= 4 is 5.96 Å². The number of ether oxygens (including phenoxy) is 2. The lowest BCUT2D eigenvalue weighted by atomic mass is 10.0. The second kappa shape index (κ2) is 11.9. The largest absolute Gasteiger partial charge is 0.376 e. The zero-order valence-electron chi connectivity index (χ0n) is 18.2. The third-order valence-corrected chi connectivity index (χ3v) is 5.71. The van der Waals surface area contributed by atoms with Gasteiger partial charge in [0.1, 0.15) is 0 Å². The van der Waals surface area contributed by atoms with Gasteiger partial charge in [-0.15, -0.1) is 0 Å². The van der Waals surface area contributed by atoms with Crippen LogP contribution in [0, 0.1) is 5.92 Å². The Kier molecular flexibility index (Phi) is 9.87. The molecular weight excluding hydrogens is 340 g/mol. The van der Waals surface area contributed by atoms with Gasteiger partial charge in [-0.1, -0.05) is 13.8 Å². The molecule has 2 rings (SSSR count). The molecule has 2 saturated heterocycles. The summed E-state index contributed by atoms with van der Waals surface area (Å²) in [4.78, 5) is 9.21. The fourth-order valence-corrected chi connectivity index (χ4v) is 3.98. The van der Waals surface area contributed by atoms with Crippen molar-refractivity contribution in [2.45, 2.75) is 70.6 Å². The minimum absolute atomic E-state index is 0.315. The quantitative estimate of drug-likeness (QED) is 0.516. The summed E-state index contributed by atoms with van der Waals surface area (Å²) < 4.78 is 11.9. The van der Waals surface area contributed by atoms with E-state index in [0.717, 1.165) is 58.1 Å². The lowest BCUT2D eigenvalue weighted by Crippen LogP contribution is -2.50. The smallest absolute Gasteiger partial charge is 0.193 e. The van der Waals surface area contributed by atoms with Crippen molar-refractivity contribution in [3.63, 3.8) is 0 Å². The summed E-state index contributed by atoms with van der Waals surface area (Å²) >= 11 is 0. The average Bonchev–Trinajstić information content (AvgIpc) is 2.67. The summed E-state index contributed by atoms with van der Waals surface area (Å²) in [5.41, 5.74) is 0. The van der Waals surface area contributed by atoms with Crippen LogP contribution in [-0.4, -0.2) is 88.0 Å². The highest BCUT2D eigenvalue weighted by Gasteiger charge is 2.24. The third-order valence-electron chi connectivity index (χ3n) is 5.71. The van der Waals surface area contributed by atoms with Crippen molar-refractivity contribution in [2.24, 2.45) is 10.9 Å². The average molecular weight is 383 g/mol. The van der Waals surface area contributed by atoms with Gasteiger partial charge >= 0.3 is 0 Å². The third kappa shape index (κ3) is 7.96. The highest BCUT2D eigenvalue weighted by Crippen LogP contribution is 2.18. The summed E-state index contributed by atoms with van der Waals surface area (Å²) in [5, 5.41) is 3.60. The van der Waals surface area contributed by atoms with E-state index in [4.69, 9.17) is 9.47 Å². The van der Waals surface area contributed by atoms with Gasteiger partial charge < -0.3 is 24.6 Å². The van der Waals surface area contributed by atoms with Crippen molar-refractivity contribution < 1.29 is 9.47 Å². The number of nitrogens with one attached hydrogen (secondary N) is 1. The van der Waals surface area contributed by atoms with Crippen LogP contribution >= 0.6 is 0 Å². The van der Waals surface area contributed by atoms with Crippen LogP contribution in [0.2, 0.25) is 0 Å². The van der Waals surface area contributed by atoms with Gasteiger partial charge in [0.05, 0.1) is 18.8 Å². The number of likely N-dealkylation sites (N-methyl/N-ethyl adjacent to an activating group) is 1. The molecule has 2 atom stereocenters. The van der Waals surface area contributed by atoms with Gasteiger partial charge in [0.25, 0.3) is 0 Å². The molecule has 2 fully saturated rings. The first-order valence-corrected chi connectivity index (χ1v) is 10.8. The fourth-order valence-electron chi connectivity index (χ4n) is 3.98. The lowest BCUT2D eigenvalue weighted by Gasteiger charge is -2.36. The van der Waals surface area contributed by atoms with Gasteiger partial charge in [-0.2, -0.15) is 0 Å². The highest BCUT2D eigenvalue weighted by molar-refractivity contribution is 5.80. The molecule has 27 heavy (non-hydrogen) atoms. The number of aliphatic imine (C=N–C) groups is 1. The predicted molar refractivity (Wildman–Crippen MR) is 112 cm³/mol. The SMILES string of the molecule is CN=C(NCC(CC(C)C)N(C)C)N1CCC(OCC2CCCCO2)CC1. The molecule has 0 aromatic heterocycles. The maximum atomic E-state index is 6.14. The number of likely N-dealkylation sites (tertiary alicyclic amines) is 1. The van der Waals surface area contributed by atoms with Crippen LogP contribution in [0.5, 0.6) is 0 Å². The van der Waals surface area contributed by atoms with Gasteiger partial charge in [0.2, 0.25) is 0 Å². The molecule has 2 heterocycles. The zero-order valence-corrected chi connectivity index (χ0v) is 18.2. The molecule has 0 spiro atoms. The fraction of sp³-hybridized carbons (Fsp3) is 0.952. The Morgan fingerprint density at radius 2 is 1.96 bits per heavy atom. The molecule has 6 heteroatoms. The molecule has 0 aromatic carbocycles. The molecule has 2 aliphatic rings. The molecule has 158 valence electrons. The molecule has 1 N–H and O–H groups in total. The molecule has 0 aliphatic carbocycles. The Balaban J connectivity index is 1.70. The van der Waals surface area contributed by atoms with Crippen molar-refractivity contribution in [3.8, 4) is 0 Å². The van der Waals surface area contributed by atoms with E-state index in [1.165, 1.54) is 19.3 Å². The van der Waals surface area contributed by atoms with Crippen LogP contribution in [0.15, 0.2) is 4.99 Å². The molecule has 2 unspecified atom stereocenters. The minimum atomic E-state index is 0.315. The summed E-state index contributed by atoms with van der Waals surface area (Å²) in [7, 11) is 6.21.